The third-order valence-corrected chi connectivity index (χ3v) is 3.46. The van der Waals surface area contributed by atoms with E-state index in [1.807, 2.05) is 49.4 Å². The van der Waals surface area contributed by atoms with Crippen LogP contribution in [0.3, 0.4) is 0 Å². The molecule has 0 aliphatic heterocycles. The predicted molar refractivity (Wildman–Crippen MR) is 79.2 cm³/mol. The molecule has 1 atom stereocenters. The molecule has 0 aliphatic rings. The Morgan fingerprint density at radius 3 is 2.58 bits per heavy atom. The van der Waals surface area contributed by atoms with Crippen LogP contribution in [-0.4, -0.2) is 5.11 Å². The molecular weight excluding hydrogens is 306 g/mol. The Bertz CT molecular complexity index is 570. The van der Waals surface area contributed by atoms with E-state index in [-0.39, 0.29) is 12.6 Å². The molecule has 0 aromatic heterocycles. The first kappa shape index (κ1) is 14.1. The second kappa shape index (κ2) is 6.19. The molecule has 0 spiro atoms. The number of hydrogen-bond acceptors (Lipinski definition) is 3. The topological polar surface area (TPSA) is 55.5 Å². The third kappa shape index (κ3) is 3.35. The van der Waals surface area contributed by atoms with Crippen molar-refractivity contribution >= 4 is 15.9 Å². The third-order valence-electron chi connectivity index (χ3n) is 2.84. The van der Waals surface area contributed by atoms with E-state index >= 15 is 0 Å². The molecule has 2 rings (SSSR count). The summed E-state index contributed by atoms with van der Waals surface area (Å²) in [5.74, 6) is 1.35. The van der Waals surface area contributed by atoms with Crippen LogP contribution in [0, 0.1) is 0 Å². The molecule has 0 saturated heterocycles. The van der Waals surface area contributed by atoms with Gasteiger partial charge in [0.05, 0.1) is 11.1 Å². The number of nitrogens with two attached hydrogens (primary N) is 1. The molecule has 19 heavy (non-hydrogen) atoms. The largest absolute Gasteiger partial charge is 0.456 e. The van der Waals surface area contributed by atoms with Crippen LogP contribution in [0.5, 0.6) is 11.5 Å². The Hall–Kier alpha value is -1.36. The monoisotopic (exact) mass is 321 g/mol. The zero-order valence-electron chi connectivity index (χ0n) is 10.6. The van der Waals surface area contributed by atoms with Crippen LogP contribution < -0.4 is 10.5 Å². The number of aliphatic hydroxyl groups excluding tert-OH is 1. The molecule has 4 heteroatoms. The van der Waals surface area contributed by atoms with Crippen molar-refractivity contribution < 1.29 is 9.84 Å². The lowest BCUT2D eigenvalue weighted by atomic mass is 10.1. The first-order valence-electron chi connectivity index (χ1n) is 6.03. The standard InChI is InChI=1S/C15H16BrNO2/c1-10(17)11-6-7-15(13(16)8-11)19-14-5-3-2-4-12(14)9-18/h2-8,10,18H,9,17H2,1H3/t10-/m0/s1. The highest BCUT2D eigenvalue weighted by Gasteiger charge is 2.08. The molecule has 0 bridgehead atoms. The fourth-order valence-electron chi connectivity index (χ4n) is 1.74. The molecule has 0 aliphatic carbocycles. The van der Waals surface area contributed by atoms with Gasteiger partial charge in [-0.25, -0.2) is 0 Å². The van der Waals surface area contributed by atoms with Gasteiger partial charge < -0.3 is 15.6 Å². The van der Waals surface area contributed by atoms with Gasteiger partial charge >= 0.3 is 0 Å². The average molecular weight is 322 g/mol. The maximum atomic E-state index is 9.27. The van der Waals surface area contributed by atoms with E-state index in [1.165, 1.54) is 0 Å². The Labute approximate surface area is 121 Å². The van der Waals surface area contributed by atoms with Crippen molar-refractivity contribution in [2.75, 3.05) is 0 Å². The second-order valence-electron chi connectivity index (χ2n) is 4.35. The van der Waals surface area contributed by atoms with Crippen molar-refractivity contribution in [3.05, 3.63) is 58.1 Å². The molecule has 0 fully saturated rings. The summed E-state index contributed by atoms with van der Waals surface area (Å²) in [7, 11) is 0. The summed E-state index contributed by atoms with van der Waals surface area (Å²) in [6, 6.07) is 13.1. The van der Waals surface area contributed by atoms with Crippen LogP contribution in [0.25, 0.3) is 0 Å². The normalized spacial score (nSPS) is 12.2. The smallest absolute Gasteiger partial charge is 0.141 e. The number of ether oxygens (including phenoxy) is 1. The van der Waals surface area contributed by atoms with E-state index < -0.39 is 0 Å². The van der Waals surface area contributed by atoms with Gasteiger partial charge in [-0.1, -0.05) is 24.3 Å². The molecule has 100 valence electrons. The minimum atomic E-state index is -0.0499. The van der Waals surface area contributed by atoms with E-state index in [1.54, 1.807) is 0 Å². The van der Waals surface area contributed by atoms with Crippen molar-refractivity contribution in [1.82, 2.24) is 0 Å². The van der Waals surface area contributed by atoms with Crippen LogP contribution in [0.15, 0.2) is 46.9 Å². The van der Waals surface area contributed by atoms with Gasteiger partial charge in [-0.15, -0.1) is 0 Å². The van der Waals surface area contributed by atoms with Gasteiger partial charge in [0.1, 0.15) is 11.5 Å². The summed E-state index contributed by atoms with van der Waals surface area (Å²) in [4.78, 5) is 0. The van der Waals surface area contributed by atoms with E-state index in [0.717, 1.165) is 15.6 Å². The quantitative estimate of drug-likeness (QED) is 0.901. The minimum absolute atomic E-state index is 0.0184. The molecule has 0 radical (unpaired) electrons. The molecule has 3 N–H and O–H groups in total. The Morgan fingerprint density at radius 2 is 1.95 bits per heavy atom. The average Bonchev–Trinajstić information content (AvgIpc) is 2.41. The molecule has 3 nitrogen and oxygen atoms in total. The molecule has 0 heterocycles. The highest BCUT2D eigenvalue weighted by atomic mass is 79.9. The van der Waals surface area contributed by atoms with Crippen molar-refractivity contribution in [2.45, 2.75) is 19.6 Å². The molecule has 2 aromatic carbocycles. The van der Waals surface area contributed by atoms with Gasteiger partial charge in [-0.3, -0.25) is 0 Å². The fraction of sp³-hybridized carbons (Fsp3) is 0.200. The maximum absolute atomic E-state index is 9.27. The Kier molecular flexibility index (Phi) is 4.58. The highest BCUT2D eigenvalue weighted by Crippen LogP contribution is 2.33. The fourth-order valence-corrected chi connectivity index (χ4v) is 2.21. The van der Waals surface area contributed by atoms with Gasteiger partial charge in [0, 0.05) is 11.6 Å². The Balaban J connectivity index is 2.28. The van der Waals surface area contributed by atoms with Gasteiger partial charge in [-0.2, -0.15) is 0 Å². The zero-order chi connectivity index (χ0) is 13.8. The number of aliphatic hydroxyl groups is 1. The van der Waals surface area contributed by atoms with Crippen LogP contribution in [0.1, 0.15) is 24.1 Å². The van der Waals surface area contributed by atoms with Crippen LogP contribution in [0.2, 0.25) is 0 Å². The highest BCUT2D eigenvalue weighted by molar-refractivity contribution is 9.10. The Morgan fingerprint density at radius 1 is 1.21 bits per heavy atom. The zero-order valence-corrected chi connectivity index (χ0v) is 12.2. The molecular formula is C15H16BrNO2. The van der Waals surface area contributed by atoms with Crippen LogP contribution in [-0.2, 0) is 6.61 Å². The minimum Gasteiger partial charge on any atom is -0.456 e. The molecule has 0 unspecified atom stereocenters. The summed E-state index contributed by atoms with van der Waals surface area (Å²) < 4.78 is 6.66. The number of para-hydroxylation sites is 1. The van der Waals surface area contributed by atoms with Crippen LogP contribution >= 0.6 is 15.9 Å². The first-order valence-corrected chi connectivity index (χ1v) is 6.82. The van der Waals surface area contributed by atoms with Crippen molar-refractivity contribution in [1.29, 1.82) is 0 Å². The first-order chi connectivity index (χ1) is 9.11. The van der Waals surface area contributed by atoms with Gasteiger partial charge in [0.25, 0.3) is 0 Å². The van der Waals surface area contributed by atoms with Crippen molar-refractivity contribution in [3.63, 3.8) is 0 Å². The van der Waals surface area contributed by atoms with Gasteiger partial charge in [-0.05, 0) is 46.6 Å². The second-order valence-corrected chi connectivity index (χ2v) is 5.20. The summed E-state index contributed by atoms with van der Waals surface area (Å²) in [6.07, 6.45) is 0. The lowest BCUT2D eigenvalue weighted by molar-refractivity contribution is 0.276. The van der Waals surface area contributed by atoms with Crippen LogP contribution in [0.4, 0.5) is 0 Å². The summed E-state index contributed by atoms with van der Waals surface area (Å²) in [5, 5.41) is 9.27. The number of halogens is 1. The number of rotatable bonds is 4. The summed E-state index contributed by atoms with van der Waals surface area (Å²) >= 11 is 3.48. The lowest BCUT2D eigenvalue weighted by Crippen LogP contribution is -2.04. The number of benzene rings is 2. The van der Waals surface area contributed by atoms with E-state index in [9.17, 15) is 5.11 Å². The molecule has 0 amide bonds. The van der Waals surface area contributed by atoms with E-state index in [4.69, 9.17) is 10.5 Å². The van der Waals surface area contributed by atoms with E-state index in [2.05, 4.69) is 15.9 Å². The van der Waals surface area contributed by atoms with Crippen molar-refractivity contribution in [3.8, 4) is 11.5 Å². The summed E-state index contributed by atoms with van der Waals surface area (Å²) in [5.41, 5.74) is 7.63. The van der Waals surface area contributed by atoms with Crippen molar-refractivity contribution in [2.24, 2.45) is 5.73 Å². The predicted octanol–water partition coefficient (Wildman–Crippen LogP) is 3.75. The number of hydrogen-bond donors (Lipinski definition) is 2. The van der Waals surface area contributed by atoms with E-state index in [0.29, 0.717) is 11.5 Å². The molecule has 2 aromatic rings. The summed E-state index contributed by atoms with van der Waals surface area (Å²) in [6.45, 7) is 1.88. The van der Waals surface area contributed by atoms with Gasteiger partial charge in [0.2, 0.25) is 0 Å². The lowest BCUT2D eigenvalue weighted by Gasteiger charge is -2.13. The SMILES string of the molecule is C[C@H](N)c1ccc(Oc2ccccc2CO)c(Br)c1. The molecule has 0 saturated carbocycles. The maximum Gasteiger partial charge on any atom is 0.141 e. The van der Waals surface area contributed by atoms with Gasteiger partial charge in [0.15, 0.2) is 0 Å².